The molecule has 0 bridgehead atoms. The molecule has 0 saturated carbocycles. The number of carbonyl (C=O) groups is 2. The van der Waals surface area contributed by atoms with Crippen LogP contribution in [0.25, 0.3) is 11.0 Å². The Labute approximate surface area is 181 Å². The van der Waals surface area contributed by atoms with Crippen molar-refractivity contribution in [1.82, 2.24) is 9.55 Å². The first-order valence-corrected chi connectivity index (χ1v) is 10.9. The molecule has 7 nitrogen and oxygen atoms in total. The van der Waals surface area contributed by atoms with Gasteiger partial charge in [0, 0.05) is 12.3 Å². The zero-order chi connectivity index (χ0) is 21.4. The minimum Gasteiger partial charge on any atom is -0.376 e. The number of benzene rings is 2. The third-order valence-electron chi connectivity index (χ3n) is 6.14. The number of nitrogens with one attached hydrogen (secondary N) is 1. The molecule has 1 N–H and O–H groups in total. The van der Waals surface area contributed by atoms with Crippen LogP contribution in [0.1, 0.15) is 37.8 Å². The monoisotopic (exact) mass is 418 g/mol. The van der Waals surface area contributed by atoms with Gasteiger partial charge in [0.1, 0.15) is 6.04 Å². The molecule has 1 aromatic heterocycles. The number of rotatable bonds is 6. The van der Waals surface area contributed by atoms with Crippen molar-refractivity contribution in [2.45, 2.75) is 44.8 Å². The summed E-state index contributed by atoms with van der Waals surface area (Å²) in [5, 5.41) is 3.00. The molecule has 160 valence electrons. The highest BCUT2D eigenvalue weighted by molar-refractivity contribution is 6.05. The van der Waals surface area contributed by atoms with Gasteiger partial charge in [0.15, 0.2) is 0 Å². The van der Waals surface area contributed by atoms with E-state index in [1.165, 1.54) is 0 Å². The summed E-state index contributed by atoms with van der Waals surface area (Å²) >= 11 is 0. The Morgan fingerprint density at radius 2 is 2.00 bits per heavy atom. The molecule has 0 spiro atoms. The van der Waals surface area contributed by atoms with Gasteiger partial charge in [-0.15, -0.1) is 0 Å². The molecule has 5 rings (SSSR count). The zero-order valence-electron chi connectivity index (χ0n) is 17.6. The number of aryl methyl sites for hydroxylation is 1. The van der Waals surface area contributed by atoms with Crippen LogP contribution < -0.4 is 10.2 Å². The molecule has 7 heteroatoms. The summed E-state index contributed by atoms with van der Waals surface area (Å²) in [5.41, 5.74) is 3.56. The van der Waals surface area contributed by atoms with E-state index in [-0.39, 0.29) is 24.3 Å². The minimum absolute atomic E-state index is 0.0150. The van der Waals surface area contributed by atoms with Gasteiger partial charge in [0.05, 0.1) is 30.1 Å². The second-order valence-corrected chi connectivity index (χ2v) is 8.13. The molecule has 3 heterocycles. The second-order valence-electron chi connectivity index (χ2n) is 8.13. The van der Waals surface area contributed by atoms with Crippen LogP contribution in [-0.2, 0) is 20.7 Å². The first-order valence-electron chi connectivity index (χ1n) is 10.9. The number of ether oxygens (including phenoxy) is 1. The summed E-state index contributed by atoms with van der Waals surface area (Å²) in [4.78, 5) is 32.8. The summed E-state index contributed by atoms with van der Waals surface area (Å²) in [6.45, 7) is 3.25. The van der Waals surface area contributed by atoms with E-state index in [0.29, 0.717) is 12.5 Å². The Morgan fingerprint density at radius 3 is 2.81 bits per heavy atom. The molecule has 2 aromatic carbocycles. The van der Waals surface area contributed by atoms with E-state index in [0.717, 1.165) is 48.2 Å². The predicted octanol–water partition coefficient (Wildman–Crippen LogP) is 3.69. The molecule has 0 aliphatic carbocycles. The first kappa shape index (κ1) is 19.8. The molecular weight excluding hydrogens is 392 g/mol. The highest BCUT2D eigenvalue weighted by Crippen LogP contribution is 2.37. The SMILES string of the molecule is CCc1ccccc1NC(=O)C[C@H]1C(=O)N(C[C@H]2CCCO2)c2nc3ccccc3n21. The summed E-state index contributed by atoms with van der Waals surface area (Å²) in [6.07, 6.45) is 2.84. The standard InChI is InChI=1S/C24H26N4O3/c1-2-16-8-3-4-10-18(16)25-22(29)14-21-23(30)27(15-17-9-7-13-31-17)24-26-19-11-5-6-12-20(19)28(21)24/h3-6,8,10-12,17,21H,2,7,9,13-15H2,1H3,(H,25,29)/t17-,21+/m1/s1. The van der Waals surface area contributed by atoms with Crippen molar-refractivity contribution in [3.8, 4) is 0 Å². The Kier molecular flexibility index (Phi) is 5.19. The number of aromatic nitrogens is 2. The van der Waals surface area contributed by atoms with Gasteiger partial charge in [-0.25, -0.2) is 4.98 Å². The maximum absolute atomic E-state index is 13.4. The number of imidazole rings is 1. The number of nitrogens with zero attached hydrogens (tertiary/aromatic N) is 3. The smallest absolute Gasteiger partial charge is 0.253 e. The predicted molar refractivity (Wildman–Crippen MR) is 119 cm³/mol. The van der Waals surface area contributed by atoms with Crippen molar-refractivity contribution < 1.29 is 14.3 Å². The maximum atomic E-state index is 13.4. The van der Waals surface area contributed by atoms with Gasteiger partial charge >= 0.3 is 0 Å². The van der Waals surface area contributed by atoms with E-state index in [4.69, 9.17) is 9.72 Å². The third-order valence-corrected chi connectivity index (χ3v) is 6.14. The fourth-order valence-electron chi connectivity index (χ4n) is 4.59. The van der Waals surface area contributed by atoms with Crippen molar-refractivity contribution in [3.63, 3.8) is 0 Å². The van der Waals surface area contributed by atoms with E-state index in [1.807, 2.05) is 53.1 Å². The Hall–Kier alpha value is -3.19. The Morgan fingerprint density at radius 1 is 1.19 bits per heavy atom. The molecule has 2 aliphatic rings. The second kappa shape index (κ2) is 8.15. The van der Waals surface area contributed by atoms with Crippen molar-refractivity contribution >= 4 is 34.5 Å². The number of hydrogen-bond donors (Lipinski definition) is 1. The number of amides is 2. The number of carbonyl (C=O) groups excluding carboxylic acids is 2. The average Bonchev–Trinajstić information content (AvgIpc) is 3.48. The highest BCUT2D eigenvalue weighted by Gasteiger charge is 2.42. The van der Waals surface area contributed by atoms with Gasteiger partial charge in [0.2, 0.25) is 11.9 Å². The summed E-state index contributed by atoms with van der Waals surface area (Å²) in [7, 11) is 0. The molecular formula is C24H26N4O3. The van der Waals surface area contributed by atoms with Crippen LogP contribution in [0.4, 0.5) is 11.6 Å². The fourth-order valence-corrected chi connectivity index (χ4v) is 4.59. The molecule has 2 aliphatic heterocycles. The quantitative estimate of drug-likeness (QED) is 0.662. The van der Waals surface area contributed by atoms with Crippen molar-refractivity contribution in [2.75, 3.05) is 23.4 Å². The maximum Gasteiger partial charge on any atom is 0.253 e. The average molecular weight is 418 g/mol. The molecule has 0 unspecified atom stereocenters. The Bertz CT molecular complexity index is 1130. The van der Waals surface area contributed by atoms with Crippen LogP contribution >= 0.6 is 0 Å². The van der Waals surface area contributed by atoms with Crippen LogP contribution in [0.15, 0.2) is 48.5 Å². The summed E-state index contributed by atoms with van der Waals surface area (Å²) in [6, 6.07) is 14.9. The Balaban J connectivity index is 1.44. The first-order chi connectivity index (χ1) is 15.2. The lowest BCUT2D eigenvalue weighted by Gasteiger charge is -2.19. The van der Waals surface area contributed by atoms with E-state index in [2.05, 4.69) is 12.2 Å². The van der Waals surface area contributed by atoms with Gasteiger partial charge in [-0.05, 0) is 43.0 Å². The van der Waals surface area contributed by atoms with Crippen LogP contribution in [0, 0.1) is 0 Å². The van der Waals surface area contributed by atoms with Crippen LogP contribution in [0.5, 0.6) is 0 Å². The molecule has 2 amide bonds. The van der Waals surface area contributed by atoms with Gasteiger partial charge in [-0.2, -0.15) is 0 Å². The third kappa shape index (κ3) is 3.59. The molecule has 1 fully saturated rings. The van der Waals surface area contributed by atoms with E-state index in [9.17, 15) is 9.59 Å². The molecule has 2 atom stereocenters. The molecule has 1 saturated heterocycles. The van der Waals surface area contributed by atoms with Crippen molar-refractivity contribution in [1.29, 1.82) is 0 Å². The lowest BCUT2D eigenvalue weighted by atomic mass is 10.1. The molecule has 31 heavy (non-hydrogen) atoms. The largest absolute Gasteiger partial charge is 0.376 e. The lowest BCUT2D eigenvalue weighted by Crippen LogP contribution is -2.37. The molecule has 3 aromatic rings. The highest BCUT2D eigenvalue weighted by atomic mass is 16.5. The minimum atomic E-state index is -0.613. The van der Waals surface area contributed by atoms with E-state index < -0.39 is 6.04 Å². The van der Waals surface area contributed by atoms with Crippen LogP contribution in [0.3, 0.4) is 0 Å². The number of para-hydroxylation sites is 3. The number of hydrogen-bond acceptors (Lipinski definition) is 4. The van der Waals surface area contributed by atoms with Crippen molar-refractivity contribution in [2.24, 2.45) is 0 Å². The van der Waals surface area contributed by atoms with Crippen LogP contribution in [0.2, 0.25) is 0 Å². The normalized spacial score (nSPS) is 20.4. The lowest BCUT2D eigenvalue weighted by molar-refractivity contribution is -0.124. The zero-order valence-corrected chi connectivity index (χ0v) is 17.6. The van der Waals surface area contributed by atoms with E-state index in [1.54, 1.807) is 4.90 Å². The van der Waals surface area contributed by atoms with Crippen molar-refractivity contribution in [3.05, 3.63) is 54.1 Å². The summed E-state index contributed by atoms with van der Waals surface area (Å²) < 4.78 is 7.68. The van der Waals surface area contributed by atoms with E-state index >= 15 is 0 Å². The van der Waals surface area contributed by atoms with Gasteiger partial charge in [-0.3, -0.25) is 19.1 Å². The van der Waals surface area contributed by atoms with Crippen LogP contribution in [-0.4, -0.2) is 40.6 Å². The fraction of sp³-hybridized carbons (Fsp3) is 0.375. The van der Waals surface area contributed by atoms with Gasteiger partial charge in [-0.1, -0.05) is 37.3 Å². The topological polar surface area (TPSA) is 76.5 Å². The molecule has 0 radical (unpaired) electrons. The van der Waals surface area contributed by atoms with Gasteiger partial charge < -0.3 is 10.1 Å². The number of fused-ring (bicyclic) bond motifs is 3. The number of anilines is 2. The van der Waals surface area contributed by atoms with Gasteiger partial charge in [0.25, 0.3) is 5.91 Å². The summed E-state index contributed by atoms with van der Waals surface area (Å²) in [5.74, 6) is 0.332.